The minimum atomic E-state index is -4.32. The molecule has 8 heteroatoms. The van der Waals surface area contributed by atoms with E-state index in [1.807, 2.05) is 6.92 Å². The van der Waals surface area contributed by atoms with Crippen molar-refractivity contribution >= 4 is 5.97 Å². The van der Waals surface area contributed by atoms with Crippen LogP contribution in [0.15, 0.2) is 24.3 Å². The molecule has 0 saturated heterocycles. The van der Waals surface area contributed by atoms with Crippen molar-refractivity contribution in [2.45, 2.75) is 46.1 Å². The predicted molar refractivity (Wildman–Crippen MR) is 86.4 cm³/mol. The number of hydrogen-bond donors (Lipinski definition) is 2. The molecular weight excluding hydrogens is 335 g/mol. The summed E-state index contributed by atoms with van der Waals surface area (Å²) in [6.07, 6.45) is -4.32. The van der Waals surface area contributed by atoms with Crippen LogP contribution in [0.25, 0.3) is 0 Å². The van der Waals surface area contributed by atoms with E-state index in [-0.39, 0.29) is 11.6 Å². The van der Waals surface area contributed by atoms with Gasteiger partial charge in [-0.25, -0.2) is 4.79 Å². The highest BCUT2D eigenvalue weighted by Crippen LogP contribution is 2.25. The van der Waals surface area contributed by atoms with Gasteiger partial charge in [0.25, 0.3) is 0 Å². The van der Waals surface area contributed by atoms with E-state index in [4.69, 9.17) is 5.11 Å². The lowest BCUT2D eigenvalue weighted by atomic mass is 10.1. The van der Waals surface area contributed by atoms with Gasteiger partial charge in [0.1, 0.15) is 6.54 Å². The van der Waals surface area contributed by atoms with Crippen LogP contribution >= 0.6 is 0 Å². The standard InChI is InChI=1S/C17H20F3N3O2/c1-10(21-8-13-5-4-6-14(7-13)16(24)25)15-11(2)22-23(12(15)3)9-17(18,19)20/h4-7,10,21H,8-9H2,1-3H3,(H,24,25). The monoisotopic (exact) mass is 355 g/mol. The average Bonchev–Trinajstić information content (AvgIpc) is 2.77. The van der Waals surface area contributed by atoms with Gasteiger partial charge in [-0.2, -0.15) is 18.3 Å². The molecule has 1 heterocycles. The Bertz CT molecular complexity index is 769. The van der Waals surface area contributed by atoms with E-state index in [1.165, 1.54) is 6.07 Å². The molecule has 136 valence electrons. The molecule has 0 amide bonds. The Morgan fingerprint density at radius 1 is 1.36 bits per heavy atom. The van der Waals surface area contributed by atoms with Crippen LogP contribution in [0.3, 0.4) is 0 Å². The fraction of sp³-hybridized carbons (Fsp3) is 0.412. The van der Waals surface area contributed by atoms with Crippen LogP contribution in [-0.4, -0.2) is 27.0 Å². The summed E-state index contributed by atoms with van der Waals surface area (Å²) in [6, 6.07) is 6.29. The van der Waals surface area contributed by atoms with Crippen LogP contribution in [-0.2, 0) is 13.1 Å². The second kappa shape index (κ2) is 7.26. The maximum absolute atomic E-state index is 12.6. The number of benzene rings is 1. The lowest BCUT2D eigenvalue weighted by Crippen LogP contribution is -2.21. The third kappa shape index (κ3) is 4.82. The first-order valence-corrected chi connectivity index (χ1v) is 7.74. The van der Waals surface area contributed by atoms with Crippen molar-refractivity contribution in [3.8, 4) is 0 Å². The van der Waals surface area contributed by atoms with Crippen LogP contribution < -0.4 is 5.32 Å². The molecule has 0 radical (unpaired) electrons. The number of aromatic carboxylic acids is 1. The van der Waals surface area contributed by atoms with Gasteiger partial charge in [0.15, 0.2) is 0 Å². The number of aryl methyl sites for hydroxylation is 1. The molecule has 25 heavy (non-hydrogen) atoms. The summed E-state index contributed by atoms with van der Waals surface area (Å²) in [5.74, 6) is -1.00. The number of rotatable bonds is 6. The second-order valence-electron chi connectivity index (χ2n) is 5.97. The summed E-state index contributed by atoms with van der Waals surface area (Å²) in [7, 11) is 0. The third-order valence-corrected chi connectivity index (χ3v) is 3.99. The summed E-state index contributed by atoms with van der Waals surface area (Å²) >= 11 is 0. The number of nitrogens with one attached hydrogen (secondary N) is 1. The molecular formula is C17H20F3N3O2. The van der Waals surface area contributed by atoms with Crippen molar-refractivity contribution in [1.29, 1.82) is 0 Å². The van der Waals surface area contributed by atoms with E-state index in [0.29, 0.717) is 17.9 Å². The predicted octanol–water partition coefficient (Wildman–Crippen LogP) is 3.61. The maximum atomic E-state index is 12.6. The van der Waals surface area contributed by atoms with Crippen LogP contribution in [0, 0.1) is 13.8 Å². The van der Waals surface area contributed by atoms with Gasteiger partial charge < -0.3 is 10.4 Å². The number of alkyl halides is 3. The van der Waals surface area contributed by atoms with Crippen molar-refractivity contribution in [3.05, 3.63) is 52.3 Å². The molecule has 0 saturated carbocycles. The molecule has 2 N–H and O–H groups in total. The van der Waals surface area contributed by atoms with Gasteiger partial charge >= 0.3 is 12.1 Å². The molecule has 0 aliphatic carbocycles. The summed E-state index contributed by atoms with van der Waals surface area (Å²) in [5, 5.41) is 16.2. The van der Waals surface area contributed by atoms with E-state index in [1.54, 1.807) is 32.0 Å². The van der Waals surface area contributed by atoms with Gasteiger partial charge in [-0.05, 0) is 38.5 Å². The fourth-order valence-electron chi connectivity index (χ4n) is 2.85. The van der Waals surface area contributed by atoms with Crippen LogP contribution in [0.1, 0.15) is 45.8 Å². The molecule has 2 rings (SSSR count). The van der Waals surface area contributed by atoms with Gasteiger partial charge in [0.2, 0.25) is 0 Å². The van der Waals surface area contributed by atoms with Crippen molar-refractivity contribution in [3.63, 3.8) is 0 Å². The zero-order valence-electron chi connectivity index (χ0n) is 14.2. The quantitative estimate of drug-likeness (QED) is 0.831. The second-order valence-corrected chi connectivity index (χ2v) is 5.97. The lowest BCUT2D eigenvalue weighted by molar-refractivity contribution is -0.143. The van der Waals surface area contributed by atoms with E-state index in [2.05, 4.69) is 10.4 Å². The minimum absolute atomic E-state index is 0.192. The van der Waals surface area contributed by atoms with Gasteiger partial charge in [-0.15, -0.1) is 0 Å². The Balaban J connectivity index is 2.12. The first kappa shape index (κ1) is 19.0. The molecule has 0 fully saturated rings. The molecule has 0 aliphatic rings. The number of nitrogens with zero attached hydrogens (tertiary/aromatic N) is 2. The Kier molecular flexibility index (Phi) is 5.52. The number of hydrogen-bond acceptors (Lipinski definition) is 3. The molecule has 5 nitrogen and oxygen atoms in total. The molecule has 1 unspecified atom stereocenters. The molecule has 2 aromatic rings. The molecule has 0 bridgehead atoms. The number of halogens is 3. The zero-order valence-corrected chi connectivity index (χ0v) is 14.2. The minimum Gasteiger partial charge on any atom is -0.478 e. The number of carbonyl (C=O) groups is 1. The van der Waals surface area contributed by atoms with Crippen molar-refractivity contribution in [2.24, 2.45) is 0 Å². The molecule has 1 atom stereocenters. The topological polar surface area (TPSA) is 67.2 Å². The van der Waals surface area contributed by atoms with E-state index < -0.39 is 18.7 Å². The largest absolute Gasteiger partial charge is 0.478 e. The first-order valence-electron chi connectivity index (χ1n) is 7.74. The van der Waals surface area contributed by atoms with Crippen LogP contribution in [0.4, 0.5) is 13.2 Å². The van der Waals surface area contributed by atoms with Gasteiger partial charge in [0.05, 0.1) is 11.3 Å². The average molecular weight is 355 g/mol. The smallest absolute Gasteiger partial charge is 0.408 e. The van der Waals surface area contributed by atoms with Gasteiger partial charge in [-0.3, -0.25) is 4.68 Å². The van der Waals surface area contributed by atoms with Crippen molar-refractivity contribution in [1.82, 2.24) is 15.1 Å². The number of carboxylic acids is 1. The maximum Gasteiger partial charge on any atom is 0.408 e. The number of aromatic nitrogens is 2. The van der Waals surface area contributed by atoms with Gasteiger partial charge in [0, 0.05) is 23.8 Å². The van der Waals surface area contributed by atoms with Crippen LogP contribution in [0.2, 0.25) is 0 Å². The van der Waals surface area contributed by atoms with E-state index in [9.17, 15) is 18.0 Å². The van der Waals surface area contributed by atoms with E-state index >= 15 is 0 Å². The molecule has 1 aromatic carbocycles. The lowest BCUT2D eigenvalue weighted by Gasteiger charge is -2.16. The summed E-state index contributed by atoms with van der Waals surface area (Å²) in [5.41, 5.74) is 2.70. The normalized spacial score (nSPS) is 13.0. The van der Waals surface area contributed by atoms with E-state index in [0.717, 1.165) is 15.8 Å². The Morgan fingerprint density at radius 2 is 2.04 bits per heavy atom. The number of carboxylic acid groups (broad SMARTS) is 1. The highest BCUT2D eigenvalue weighted by atomic mass is 19.4. The Morgan fingerprint density at radius 3 is 2.64 bits per heavy atom. The molecule has 0 aliphatic heterocycles. The molecule has 1 aromatic heterocycles. The third-order valence-electron chi connectivity index (χ3n) is 3.99. The SMILES string of the molecule is Cc1nn(CC(F)(F)F)c(C)c1C(C)NCc1cccc(C(=O)O)c1. The van der Waals surface area contributed by atoms with Crippen LogP contribution in [0.5, 0.6) is 0 Å². The Hall–Kier alpha value is -2.35. The first-order chi connectivity index (χ1) is 11.6. The highest BCUT2D eigenvalue weighted by Gasteiger charge is 2.30. The summed E-state index contributed by atoms with van der Waals surface area (Å²) < 4.78 is 38.8. The molecule has 0 spiro atoms. The summed E-state index contributed by atoms with van der Waals surface area (Å²) in [4.78, 5) is 11.0. The highest BCUT2D eigenvalue weighted by molar-refractivity contribution is 5.87. The fourth-order valence-corrected chi connectivity index (χ4v) is 2.85. The van der Waals surface area contributed by atoms with Gasteiger partial charge in [-0.1, -0.05) is 12.1 Å². The summed E-state index contributed by atoms with van der Waals surface area (Å²) in [6.45, 7) is 4.41. The van der Waals surface area contributed by atoms with Crippen molar-refractivity contribution < 1.29 is 23.1 Å². The van der Waals surface area contributed by atoms with Crippen molar-refractivity contribution in [2.75, 3.05) is 0 Å². The zero-order chi connectivity index (χ0) is 18.8. The Labute approximate surface area is 143 Å².